The van der Waals surface area contributed by atoms with Crippen LogP contribution in [0.3, 0.4) is 0 Å². The molecule has 0 aliphatic heterocycles. The van der Waals surface area contributed by atoms with Gasteiger partial charge in [-0.05, 0) is 31.2 Å². The Labute approximate surface area is 130 Å². The minimum Gasteiger partial charge on any atom is -0.345 e. The topological polar surface area (TPSA) is 63.2 Å². The first-order valence-corrected chi connectivity index (χ1v) is 9.60. The number of carbonyl (C=O) groups is 1. The van der Waals surface area contributed by atoms with Crippen molar-refractivity contribution in [2.45, 2.75) is 17.4 Å². The Morgan fingerprint density at radius 2 is 1.68 bits per heavy atom. The lowest BCUT2D eigenvalue weighted by atomic mass is 10.1. The van der Waals surface area contributed by atoms with Crippen molar-refractivity contribution in [1.82, 2.24) is 5.32 Å². The van der Waals surface area contributed by atoms with Crippen LogP contribution in [0, 0.1) is 0 Å². The van der Waals surface area contributed by atoms with E-state index in [4.69, 9.17) is 0 Å². The summed E-state index contributed by atoms with van der Waals surface area (Å²) >= 11 is 6.69. The highest BCUT2D eigenvalue weighted by atomic mass is 79.9. The zero-order chi connectivity index (χ0) is 14.7. The maximum Gasteiger partial charge on any atom is 0.251 e. The van der Waals surface area contributed by atoms with Gasteiger partial charge < -0.3 is 5.32 Å². The number of sulfone groups is 1. The molecule has 0 spiro atoms. The Balaban J connectivity index is 2.91. The lowest BCUT2D eigenvalue weighted by Crippen LogP contribution is -2.48. The summed E-state index contributed by atoms with van der Waals surface area (Å²) < 4.78 is 22.6. The quantitative estimate of drug-likeness (QED) is 0.755. The van der Waals surface area contributed by atoms with Gasteiger partial charge in [0.2, 0.25) is 0 Å². The van der Waals surface area contributed by atoms with Crippen molar-refractivity contribution in [1.29, 1.82) is 0 Å². The third-order valence-corrected chi connectivity index (χ3v) is 6.15. The molecule has 0 saturated carbocycles. The van der Waals surface area contributed by atoms with Crippen LogP contribution in [0.1, 0.15) is 17.3 Å². The predicted octanol–water partition coefficient (Wildman–Crippen LogP) is 2.37. The normalized spacial score (nSPS) is 12.2. The van der Waals surface area contributed by atoms with Crippen molar-refractivity contribution in [3.63, 3.8) is 0 Å². The van der Waals surface area contributed by atoms with Crippen LogP contribution >= 0.6 is 31.9 Å². The highest BCUT2D eigenvalue weighted by Gasteiger charge is 2.24. The molecule has 0 atom stereocenters. The lowest BCUT2D eigenvalue weighted by molar-refractivity contribution is 0.0923. The number of alkyl halides is 2. The lowest BCUT2D eigenvalue weighted by Gasteiger charge is -2.26. The summed E-state index contributed by atoms with van der Waals surface area (Å²) in [5.74, 6) is -0.235. The third kappa shape index (κ3) is 4.57. The summed E-state index contributed by atoms with van der Waals surface area (Å²) in [5.41, 5.74) is 0.0348. The van der Waals surface area contributed by atoms with Gasteiger partial charge in [-0.1, -0.05) is 31.9 Å². The van der Waals surface area contributed by atoms with Crippen molar-refractivity contribution < 1.29 is 13.2 Å². The Bertz CT molecular complexity index is 551. The van der Waals surface area contributed by atoms with Crippen molar-refractivity contribution in [3.8, 4) is 0 Å². The molecule has 1 aromatic carbocycles. The predicted molar refractivity (Wildman–Crippen MR) is 83.0 cm³/mol. The van der Waals surface area contributed by atoms with Crippen LogP contribution in [-0.2, 0) is 9.84 Å². The first kappa shape index (κ1) is 16.7. The van der Waals surface area contributed by atoms with Gasteiger partial charge in [0.15, 0.2) is 9.84 Å². The van der Waals surface area contributed by atoms with Crippen molar-refractivity contribution >= 4 is 47.6 Å². The molecule has 1 N–H and O–H groups in total. The molecule has 106 valence electrons. The molecule has 0 heterocycles. The fourth-order valence-electron chi connectivity index (χ4n) is 1.30. The second-order valence-corrected chi connectivity index (χ2v) is 7.72. The van der Waals surface area contributed by atoms with Crippen LogP contribution in [0.25, 0.3) is 0 Å². The van der Waals surface area contributed by atoms with Gasteiger partial charge >= 0.3 is 0 Å². The monoisotopic (exact) mass is 411 g/mol. The smallest absolute Gasteiger partial charge is 0.251 e. The number of halogens is 2. The maximum absolute atomic E-state index is 12.0. The first-order chi connectivity index (χ1) is 8.72. The minimum atomic E-state index is -3.24. The average Bonchev–Trinajstić information content (AvgIpc) is 2.37. The van der Waals surface area contributed by atoms with E-state index in [1.807, 2.05) is 6.92 Å². The fraction of sp³-hybridized carbons (Fsp3) is 0.417. The Morgan fingerprint density at radius 3 is 2.05 bits per heavy atom. The molecular weight excluding hydrogens is 398 g/mol. The molecule has 1 amide bonds. The molecule has 7 heteroatoms. The van der Waals surface area contributed by atoms with E-state index in [0.717, 1.165) is 6.26 Å². The number of hydrogen-bond donors (Lipinski definition) is 1. The molecule has 0 radical (unpaired) electrons. The fourth-order valence-corrected chi connectivity index (χ4v) is 3.14. The Hall–Kier alpha value is -0.400. The van der Waals surface area contributed by atoms with Crippen LogP contribution in [-0.4, -0.2) is 36.8 Å². The molecule has 1 aromatic rings. The van der Waals surface area contributed by atoms with E-state index in [1.165, 1.54) is 24.3 Å². The Kier molecular flexibility index (Phi) is 5.58. The van der Waals surface area contributed by atoms with E-state index in [9.17, 15) is 13.2 Å². The number of amides is 1. The molecule has 4 nitrogen and oxygen atoms in total. The molecule has 0 aliphatic carbocycles. The molecule has 19 heavy (non-hydrogen) atoms. The second kappa shape index (κ2) is 6.37. The molecule has 0 aliphatic rings. The van der Waals surface area contributed by atoms with Crippen LogP contribution in [0.2, 0.25) is 0 Å². The molecule has 0 fully saturated rings. The SMILES string of the molecule is CC(CBr)(CBr)NC(=O)c1ccc(S(C)(=O)=O)cc1. The number of nitrogens with one attached hydrogen (secondary N) is 1. The number of carbonyl (C=O) groups excluding carboxylic acids is 1. The van der Waals surface area contributed by atoms with E-state index in [1.54, 1.807) is 0 Å². The first-order valence-electron chi connectivity index (χ1n) is 5.46. The summed E-state index contributed by atoms with van der Waals surface area (Å²) in [6, 6.07) is 5.89. The molecular formula is C12H15Br2NO3S. The standard InChI is InChI=1S/C12H15Br2NO3S/c1-12(7-13,8-14)15-11(16)9-3-5-10(6-4-9)19(2,17)18/h3-6H,7-8H2,1-2H3,(H,15,16). The maximum atomic E-state index is 12.0. The number of hydrogen-bond acceptors (Lipinski definition) is 3. The number of rotatable bonds is 5. The van der Waals surface area contributed by atoms with Gasteiger partial charge in [-0.25, -0.2) is 8.42 Å². The van der Waals surface area contributed by atoms with E-state index < -0.39 is 15.4 Å². The summed E-state index contributed by atoms with van der Waals surface area (Å²) in [4.78, 5) is 12.2. The average molecular weight is 413 g/mol. The molecule has 0 unspecified atom stereocenters. The van der Waals surface area contributed by atoms with Gasteiger partial charge in [-0.2, -0.15) is 0 Å². The van der Waals surface area contributed by atoms with E-state index in [2.05, 4.69) is 37.2 Å². The molecule has 0 aromatic heterocycles. The zero-order valence-electron chi connectivity index (χ0n) is 10.6. The molecule has 0 bridgehead atoms. The summed E-state index contributed by atoms with van der Waals surface area (Å²) in [6.45, 7) is 1.90. The highest BCUT2D eigenvalue weighted by Crippen LogP contribution is 2.14. The largest absolute Gasteiger partial charge is 0.345 e. The van der Waals surface area contributed by atoms with Crippen molar-refractivity contribution in [2.24, 2.45) is 0 Å². The van der Waals surface area contributed by atoms with Gasteiger partial charge in [-0.3, -0.25) is 4.79 Å². The molecule has 1 rings (SSSR count). The van der Waals surface area contributed by atoms with E-state index >= 15 is 0 Å². The van der Waals surface area contributed by atoms with Gasteiger partial charge in [0, 0.05) is 22.5 Å². The zero-order valence-corrected chi connectivity index (χ0v) is 14.6. The second-order valence-electron chi connectivity index (χ2n) is 4.58. The van der Waals surface area contributed by atoms with E-state index in [-0.39, 0.29) is 10.8 Å². The van der Waals surface area contributed by atoms with Crippen LogP contribution in [0.4, 0.5) is 0 Å². The highest BCUT2D eigenvalue weighted by molar-refractivity contribution is 9.09. The third-order valence-electron chi connectivity index (χ3n) is 2.55. The van der Waals surface area contributed by atoms with Gasteiger partial charge in [0.05, 0.1) is 10.4 Å². The number of benzene rings is 1. The van der Waals surface area contributed by atoms with Gasteiger partial charge in [0.25, 0.3) is 5.91 Å². The van der Waals surface area contributed by atoms with Crippen molar-refractivity contribution in [3.05, 3.63) is 29.8 Å². The molecule has 0 saturated heterocycles. The van der Waals surface area contributed by atoms with Gasteiger partial charge in [0.1, 0.15) is 0 Å². The minimum absolute atomic E-state index is 0.202. The van der Waals surface area contributed by atoms with Crippen LogP contribution in [0.5, 0.6) is 0 Å². The van der Waals surface area contributed by atoms with Crippen LogP contribution in [0.15, 0.2) is 29.2 Å². The summed E-state index contributed by atoms with van der Waals surface area (Å²) in [5, 5.41) is 4.10. The van der Waals surface area contributed by atoms with Gasteiger partial charge in [-0.15, -0.1) is 0 Å². The van der Waals surface area contributed by atoms with E-state index in [0.29, 0.717) is 16.2 Å². The van der Waals surface area contributed by atoms with Crippen molar-refractivity contribution in [2.75, 3.05) is 16.9 Å². The Morgan fingerprint density at radius 1 is 1.21 bits per heavy atom. The summed E-state index contributed by atoms with van der Waals surface area (Å²) in [7, 11) is -3.24. The van der Waals surface area contributed by atoms with Crippen LogP contribution < -0.4 is 5.32 Å². The summed E-state index contributed by atoms with van der Waals surface area (Å²) in [6.07, 6.45) is 1.13.